The Labute approximate surface area is 129 Å². The first-order valence-electron chi connectivity index (χ1n) is 6.48. The Morgan fingerprint density at radius 1 is 0.950 bits per heavy atom. The minimum Gasteiger partial charge on any atom is -0.396 e. The van der Waals surface area contributed by atoms with Gasteiger partial charge in [0.25, 0.3) is 0 Å². The van der Waals surface area contributed by atoms with Gasteiger partial charge in [-0.3, -0.25) is 0 Å². The van der Waals surface area contributed by atoms with Crippen molar-refractivity contribution in [3.8, 4) is 0 Å². The molecule has 0 aliphatic heterocycles. The maximum atomic E-state index is 9.54. The molecule has 1 atom stereocenters. The molecule has 0 saturated heterocycles. The number of allylic oxidation sites excluding steroid dienone is 1. The summed E-state index contributed by atoms with van der Waals surface area (Å²) in [6.45, 7) is 0.0661. The summed E-state index contributed by atoms with van der Waals surface area (Å²) in [7, 11) is 0. The molecule has 0 aliphatic rings. The van der Waals surface area contributed by atoms with Crippen molar-refractivity contribution in [3.05, 3.63) is 75.8 Å². The van der Waals surface area contributed by atoms with Crippen LogP contribution in [0.5, 0.6) is 0 Å². The third kappa shape index (κ3) is 3.86. The van der Waals surface area contributed by atoms with Crippen LogP contribution >= 0.6 is 23.2 Å². The molecule has 3 heteroatoms. The fraction of sp³-hybridized carbons (Fsp3) is 0.176. The van der Waals surface area contributed by atoms with Crippen LogP contribution in [0, 0.1) is 0 Å². The highest BCUT2D eigenvalue weighted by Crippen LogP contribution is 2.27. The topological polar surface area (TPSA) is 20.2 Å². The van der Waals surface area contributed by atoms with Crippen LogP contribution in [0.1, 0.15) is 23.5 Å². The minimum atomic E-state index is 0.00226. The second kappa shape index (κ2) is 7.49. The van der Waals surface area contributed by atoms with Crippen LogP contribution in [0.25, 0.3) is 6.08 Å². The molecule has 2 aromatic rings. The number of benzene rings is 2. The van der Waals surface area contributed by atoms with Crippen LogP contribution in [0.15, 0.2) is 54.6 Å². The maximum Gasteiger partial charge on any atom is 0.0503 e. The van der Waals surface area contributed by atoms with Crippen LogP contribution in [-0.2, 0) is 0 Å². The van der Waals surface area contributed by atoms with Crippen molar-refractivity contribution in [1.29, 1.82) is 0 Å². The van der Waals surface area contributed by atoms with Gasteiger partial charge in [0.1, 0.15) is 0 Å². The van der Waals surface area contributed by atoms with Gasteiger partial charge in [-0.2, -0.15) is 0 Å². The molecule has 1 unspecified atom stereocenters. The molecule has 1 nitrogen and oxygen atoms in total. The summed E-state index contributed by atoms with van der Waals surface area (Å²) in [6.07, 6.45) is 4.71. The lowest BCUT2D eigenvalue weighted by Crippen LogP contribution is -2.03. The third-order valence-electron chi connectivity index (χ3n) is 3.19. The molecule has 20 heavy (non-hydrogen) atoms. The van der Waals surface area contributed by atoms with E-state index >= 15 is 0 Å². The molecule has 2 aromatic carbocycles. The predicted molar refractivity (Wildman–Crippen MR) is 86.4 cm³/mol. The zero-order valence-electron chi connectivity index (χ0n) is 11.0. The average molecular weight is 307 g/mol. The first kappa shape index (κ1) is 15.1. The van der Waals surface area contributed by atoms with Crippen molar-refractivity contribution < 1.29 is 5.11 Å². The monoisotopic (exact) mass is 306 g/mol. The van der Waals surface area contributed by atoms with E-state index in [0.29, 0.717) is 11.4 Å². The summed E-state index contributed by atoms with van der Waals surface area (Å²) in [5, 5.41) is 11.0. The van der Waals surface area contributed by atoms with Gasteiger partial charge in [0.15, 0.2) is 0 Å². The Morgan fingerprint density at radius 2 is 1.60 bits per heavy atom. The molecule has 104 valence electrons. The molecule has 0 fully saturated rings. The highest BCUT2D eigenvalue weighted by atomic mass is 35.5. The van der Waals surface area contributed by atoms with Gasteiger partial charge in [-0.15, -0.1) is 0 Å². The lowest BCUT2D eigenvalue weighted by molar-refractivity contribution is 0.266. The quantitative estimate of drug-likeness (QED) is 0.807. The van der Waals surface area contributed by atoms with Gasteiger partial charge in [-0.05, 0) is 29.7 Å². The first-order chi connectivity index (χ1) is 9.72. The van der Waals surface area contributed by atoms with Crippen molar-refractivity contribution in [2.75, 3.05) is 6.61 Å². The molecular formula is C17H16Cl2O. The molecule has 0 aliphatic carbocycles. The number of rotatable bonds is 5. The van der Waals surface area contributed by atoms with Crippen molar-refractivity contribution in [2.24, 2.45) is 0 Å². The van der Waals surface area contributed by atoms with Gasteiger partial charge in [-0.1, -0.05) is 71.8 Å². The van der Waals surface area contributed by atoms with E-state index in [-0.39, 0.29) is 12.5 Å². The zero-order chi connectivity index (χ0) is 14.4. The molecule has 0 aromatic heterocycles. The van der Waals surface area contributed by atoms with E-state index < -0.39 is 0 Å². The van der Waals surface area contributed by atoms with E-state index in [9.17, 15) is 5.11 Å². The van der Waals surface area contributed by atoms with Crippen LogP contribution in [0.4, 0.5) is 0 Å². The zero-order valence-corrected chi connectivity index (χ0v) is 12.5. The summed E-state index contributed by atoms with van der Waals surface area (Å²) < 4.78 is 0. The van der Waals surface area contributed by atoms with E-state index in [4.69, 9.17) is 23.2 Å². The van der Waals surface area contributed by atoms with E-state index in [1.54, 1.807) is 0 Å². The summed E-state index contributed by atoms with van der Waals surface area (Å²) in [4.78, 5) is 0. The van der Waals surface area contributed by atoms with Gasteiger partial charge >= 0.3 is 0 Å². The van der Waals surface area contributed by atoms with E-state index in [2.05, 4.69) is 0 Å². The normalized spacial score (nSPS) is 12.8. The number of aliphatic hydroxyl groups excluding tert-OH is 1. The highest BCUT2D eigenvalue weighted by molar-refractivity contribution is 6.32. The molecule has 0 bridgehead atoms. The highest BCUT2D eigenvalue weighted by Gasteiger charge is 2.11. The van der Waals surface area contributed by atoms with Gasteiger partial charge in [0.05, 0.1) is 6.61 Å². The van der Waals surface area contributed by atoms with Crippen molar-refractivity contribution in [1.82, 2.24) is 0 Å². The molecule has 0 heterocycles. The van der Waals surface area contributed by atoms with E-state index in [0.717, 1.165) is 16.1 Å². The Morgan fingerprint density at radius 3 is 2.25 bits per heavy atom. The van der Waals surface area contributed by atoms with Gasteiger partial charge in [0.2, 0.25) is 0 Å². The Kier molecular flexibility index (Phi) is 5.66. The van der Waals surface area contributed by atoms with Crippen LogP contribution < -0.4 is 0 Å². The Hall–Kier alpha value is -1.28. The minimum absolute atomic E-state index is 0.00226. The number of hydrogen-bond donors (Lipinski definition) is 1. The first-order valence-corrected chi connectivity index (χ1v) is 7.24. The second-order valence-electron chi connectivity index (χ2n) is 4.56. The van der Waals surface area contributed by atoms with Gasteiger partial charge < -0.3 is 5.11 Å². The fourth-order valence-electron chi connectivity index (χ4n) is 2.08. The molecule has 2 rings (SSSR count). The molecule has 0 radical (unpaired) electrons. The largest absolute Gasteiger partial charge is 0.396 e. The van der Waals surface area contributed by atoms with E-state index in [1.807, 2.05) is 60.7 Å². The number of halogens is 2. The van der Waals surface area contributed by atoms with Crippen molar-refractivity contribution >= 4 is 29.3 Å². The molecule has 0 amide bonds. The summed E-state index contributed by atoms with van der Waals surface area (Å²) >= 11 is 12.3. The van der Waals surface area contributed by atoms with Crippen molar-refractivity contribution in [3.63, 3.8) is 0 Å². The fourth-order valence-corrected chi connectivity index (χ4v) is 2.56. The molecule has 0 saturated carbocycles. The van der Waals surface area contributed by atoms with Gasteiger partial charge in [0, 0.05) is 16.0 Å². The summed E-state index contributed by atoms with van der Waals surface area (Å²) in [6, 6.07) is 15.3. The van der Waals surface area contributed by atoms with Crippen LogP contribution in [0.3, 0.4) is 0 Å². The maximum absolute atomic E-state index is 9.54. The molecule has 0 spiro atoms. The van der Waals surface area contributed by atoms with Crippen molar-refractivity contribution in [2.45, 2.75) is 12.3 Å². The molecular weight excluding hydrogens is 291 g/mol. The average Bonchev–Trinajstić information content (AvgIpc) is 2.46. The third-order valence-corrected chi connectivity index (χ3v) is 3.88. The summed E-state index contributed by atoms with van der Waals surface area (Å²) in [5.74, 6) is 0.00226. The smallest absolute Gasteiger partial charge is 0.0503 e. The second-order valence-corrected chi connectivity index (χ2v) is 5.37. The standard InChI is InChI=1S/C17H16Cl2O/c18-16-10-3-1-6-13(16)7-5-8-14(12-20)15-9-2-4-11-17(15)19/h1-7,9-11,14,20H,8,12H2/b7-5+. The summed E-state index contributed by atoms with van der Waals surface area (Å²) in [5.41, 5.74) is 1.95. The lowest BCUT2D eigenvalue weighted by Gasteiger charge is -2.13. The van der Waals surface area contributed by atoms with E-state index in [1.165, 1.54) is 0 Å². The molecule has 1 N–H and O–H groups in total. The Bertz CT molecular complexity index is 593. The number of hydrogen-bond acceptors (Lipinski definition) is 1. The van der Waals surface area contributed by atoms with Crippen LogP contribution in [0.2, 0.25) is 10.0 Å². The van der Waals surface area contributed by atoms with Gasteiger partial charge in [-0.25, -0.2) is 0 Å². The lowest BCUT2D eigenvalue weighted by atomic mass is 9.96. The Balaban J connectivity index is 2.09. The van der Waals surface area contributed by atoms with Crippen LogP contribution in [-0.4, -0.2) is 11.7 Å². The SMILES string of the molecule is OCC(C/C=C/c1ccccc1Cl)c1ccccc1Cl. The predicted octanol–water partition coefficient (Wildman–Crippen LogP) is 5.17. The number of aliphatic hydroxyl groups is 1.